The van der Waals surface area contributed by atoms with Crippen molar-refractivity contribution in [2.24, 2.45) is 0 Å². The van der Waals surface area contributed by atoms with Crippen molar-refractivity contribution in [3.63, 3.8) is 0 Å². The highest BCUT2D eigenvalue weighted by Gasteiger charge is 2.26. The van der Waals surface area contributed by atoms with Gasteiger partial charge in [0.05, 0.1) is 11.4 Å². The highest BCUT2D eigenvalue weighted by atomic mass is 35.5. The summed E-state index contributed by atoms with van der Waals surface area (Å²) in [6.07, 6.45) is 2.09. The minimum atomic E-state index is 0. The predicted octanol–water partition coefficient (Wildman–Crippen LogP) is 2.13. The number of hydrogen-bond acceptors (Lipinski definition) is 5. The molecule has 0 amide bonds. The first-order chi connectivity index (χ1) is 10.1. The Balaban J connectivity index is 0.00000176. The van der Waals surface area contributed by atoms with Gasteiger partial charge >= 0.3 is 0 Å². The molecule has 3 heterocycles. The van der Waals surface area contributed by atoms with Gasteiger partial charge in [-0.1, -0.05) is 6.92 Å². The minimum absolute atomic E-state index is 0. The van der Waals surface area contributed by atoms with E-state index < -0.39 is 0 Å². The molecule has 1 aliphatic heterocycles. The van der Waals surface area contributed by atoms with Crippen LogP contribution < -0.4 is 5.73 Å². The molecular weight excluding hydrogens is 300 g/mol. The highest BCUT2D eigenvalue weighted by molar-refractivity contribution is 5.85. The van der Waals surface area contributed by atoms with Gasteiger partial charge in [-0.15, -0.1) is 17.5 Å². The second kappa shape index (κ2) is 6.62. The Kier molecular flexibility index (Phi) is 5.03. The SMILES string of the molecule is CCC(C)N1CCc2nn(-c3ccc(C)nn3)c(N)c2C1.Cl. The fourth-order valence-corrected chi connectivity index (χ4v) is 2.73. The molecule has 0 aromatic carbocycles. The van der Waals surface area contributed by atoms with Gasteiger partial charge < -0.3 is 5.73 Å². The number of nitrogens with zero attached hydrogens (tertiary/aromatic N) is 5. The van der Waals surface area contributed by atoms with Crippen LogP contribution in [0.25, 0.3) is 5.82 Å². The number of aromatic nitrogens is 4. The summed E-state index contributed by atoms with van der Waals surface area (Å²) in [5.74, 6) is 1.37. The zero-order valence-electron chi connectivity index (χ0n) is 13.3. The standard InChI is InChI=1S/C15H22N6.ClH/c1-4-11(3)20-8-7-13-12(9-20)15(16)21(19-13)14-6-5-10(2)17-18-14;/h5-6,11H,4,7-9,16H2,1-3H3;1H. The van der Waals surface area contributed by atoms with E-state index >= 15 is 0 Å². The Morgan fingerprint density at radius 2 is 2.09 bits per heavy atom. The summed E-state index contributed by atoms with van der Waals surface area (Å²) < 4.78 is 1.72. The third-order valence-corrected chi connectivity index (χ3v) is 4.32. The predicted molar refractivity (Wildman–Crippen MR) is 89.4 cm³/mol. The van der Waals surface area contributed by atoms with Crippen LogP contribution in [-0.2, 0) is 13.0 Å². The van der Waals surface area contributed by atoms with Crippen LogP contribution in [0.4, 0.5) is 5.82 Å². The molecule has 7 heteroatoms. The Morgan fingerprint density at radius 3 is 2.73 bits per heavy atom. The van der Waals surface area contributed by atoms with Crippen molar-refractivity contribution in [1.82, 2.24) is 24.9 Å². The Bertz CT molecular complexity index is 636. The first kappa shape index (κ1) is 16.7. The maximum Gasteiger partial charge on any atom is 0.178 e. The summed E-state index contributed by atoms with van der Waals surface area (Å²) in [5, 5.41) is 12.9. The molecule has 2 aromatic rings. The number of rotatable bonds is 3. The zero-order valence-corrected chi connectivity index (χ0v) is 14.1. The molecule has 22 heavy (non-hydrogen) atoms. The molecule has 0 bridgehead atoms. The van der Waals surface area contributed by atoms with E-state index in [-0.39, 0.29) is 12.4 Å². The fraction of sp³-hybridized carbons (Fsp3) is 0.533. The van der Waals surface area contributed by atoms with Crippen molar-refractivity contribution >= 4 is 18.2 Å². The number of fused-ring (bicyclic) bond motifs is 1. The van der Waals surface area contributed by atoms with Gasteiger partial charge in [0.2, 0.25) is 0 Å². The van der Waals surface area contributed by atoms with E-state index in [2.05, 4.69) is 34.0 Å². The van der Waals surface area contributed by atoms with Crippen molar-refractivity contribution < 1.29 is 0 Å². The normalized spacial score (nSPS) is 16.0. The number of aryl methyl sites for hydroxylation is 1. The van der Waals surface area contributed by atoms with Crippen LogP contribution in [0.1, 0.15) is 37.2 Å². The van der Waals surface area contributed by atoms with E-state index in [4.69, 9.17) is 5.73 Å². The van der Waals surface area contributed by atoms with Gasteiger partial charge in [-0.2, -0.15) is 14.9 Å². The van der Waals surface area contributed by atoms with Crippen LogP contribution in [0.5, 0.6) is 0 Å². The number of halogens is 1. The summed E-state index contributed by atoms with van der Waals surface area (Å²) in [4.78, 5) is 2.46. The molecule has 6 nitrogen and oxygen atoms in total. The van der Waals surface area contributed by atoms with Gasteiger partial charge in [-0.05, 0) is 32.4 Å². The van der Waals surface area contributed by atoms with Crippen molar-refractivity contribution in [2.45, 2.75) is 46.2 Å². The lowest BCUT2D eigenvalue weighted by molar-refractivity contribution is 0.186. The van der Waals surface area contributed by atoms with Crippen LogP contribution in [0.15, 0.2) is 12.1 Å². The Hall–Kier alpha value is -1.66. The topological polar surface area (TPSA) is 72.9 Å². The summed E-state index contributed by atoms with van der Waals surface area (Å²) in [6, 6.07) is 4.40. The van der Waals surface area contributed by atoms with Gasteiger partial charge in [0.1, 0.15) is 5.82 Å². The number of nitrogen functional groups attached to an aromatic ring is 1. The lowest BCUT2D eigenvalue weighted by Gasteiger charge is -2.31. The number of nitrogens with two attached hydrogens (primary N) is 1. The van der Waals surface area contributed by atoms with Crippen LogP contribution in [0, 0.1) is 6.92 Å². The maximum absolute atomic E-state index is 6.30. The zero-order chi connectivity index (χ0) is 15.0. The van der Waals surface area contributed by atoms with Crippen molar-refractivity contribution in [1.29, 1.82) is 0 Å². The summed E-state index contributed by atoms with van der Waals surface area (Å²) in [6.45, 7) is 8.30. The molecular formula is C15H23ClN6. The Labute approximate surface area is 137 Å². The van der Waals surface area contributed by atoms with E-state index in [1.165, 1.54) is 0 Å². The second-order valence-corrected chi connectivity index (χ2v) is 5.73. The number of anilines is 1. The van der Waals surface area contributed by atoms with Gasteiger partial charge in [0, 0.05) is 31.1 Å². The van der Waals surface area contributed by atoms with Crippen LogP contribution in [0.3, 0.4) is 0 Å². The third kappa shape index (κ3) is 2.94. The lowest BCUT2D eigenvalue weighted by atomic mass is 10.0. The maximum atomic E-state index is 6.30. The molecule has 2 aromatic heterocycles. The molecule has 0 fully saturated rings. The molecule has 1 atom stereocenters. The average molecular weight is 323 g/mol. The first-order valence-electron chi connectivity index (χ1n) is 7.51. The van der Waals surface area contributed by atoms with Crippen LogP contribution in [-0.4, -0.2) is 37.5 Å². The second-order valence-electron chi connectivity index (χ2n) is 5.73. The van der Waals surface area contributed by atoms with Gasteiger partial charge in [0.15, 0.2) is 5.82 Å². The highest BCUT2D eigenvalue weighted by Crippen LogP contribution is 2.27. The van der Waals surface area contributed by atoms with Crippen molar-refractivity contribution in [3.8, 4) is 5.82 Å². The molecule has 3 rings (SSSR count). The van der Waals surface area contributed by atoms with Crippen molar-refractivity contribution in [2.75, 3.05) is 12.3 Å². The largest absolute Gasteiger partial charge is 0.383 e. The fourth-order valence-electron chi connectivity index (χ4n) is 2.73. The van der Waals surface area contributed by atoms with Crippen molar-refractivity contribution in [3.05, 3.63) is 29.1 Å². The molecule has 0 saturated carbocycles. The molecule has 0 saturated heterocycles. The van der Waals surface area contributed by atoms with E-state index in [0.717, 1.165) is 42.9 Å². The monoisotopic (exact) mass is 322 g/mol. The van der Waals surface area contributed by atoms with E-state index in [1.54, 1.807) is 4.68 Å². The van der Waals surface area contributed by atoms with Gasteiger partial charge in [-0.3, -0.25) is 4.90 Å². The summed E-state index contributed by atoms with van der Waals surface area (Å²) >= 11 is 0. The molecule has 2 N–H and O–H groups in total. The molecule has 0 aliphatic carbocycles. The minimum Gasteiger partial charge on any atom is -0.383 e. The van der Waals surface area contributed by atoms with E-state index in [9.17, 15) is 0 Å². The summed E-state index contributed by atoms with van der Waals surface area (Å²) in [7, 11) is 0. The van der Waals surface area contributed by atoms with Crippen LogP contribution >= 0.6 is 12.4 Å². The van der Waals surface area contributed by atoms with E-state index in [0.29, 0.717) is 17.7 Å². The first-order valence-corrected chi connectivity index (χ1v) is 7.51. The van der Waals surface area contributed by atoms with Gasteiger partial charge in [0.25, 0.3) is 0 Å². The Morgan fingerprint density at radius 1 is 1.32 bits per heavy atom. The summed E-state index contributed by atoms with van der Waals surface area (Å²) in [5.41, 5.74) is 9.42. The molecule has 0 spiro atoms. The average Bonchev–Trinajstić information content (AvgIpc) is 2.84. The van der Waals surface area contributed by atoms with Crippen LogP contribution in [0.2, 0.25) is 0 Å². The smallest absolute Gasteiger partial charge is 0.178 e. The molecule has 0 radical (unpaired) electrons. The lowest BCUT2D eigenvalue weighted by Crippen LogP contribution is -2.37. The molecule has 1 aliphatic rings. The van der Waals surface area contributed by atoms with Gasteiger partial charge in [-0.25, -0.2) is 0 Å². The third-order valence-electron chi connectivity index (χ3n) is 4.32. The quantitative estimate of drug-likeness (QED) is 0.937. The van der Waals surface area contributed by atoms with E-state index in [1.807, 2.05) is 19.1 Å². The number of hydrogen-bond donors (Lipinski definition) is 1. The molecule has 120 valence electrons. The molecule has 1 unspecified atom stereocenters.